The van der Waals surface area contributed by atoms with Crippen LogP contribution in [0.4, 0.5) is 10.1 Å². The van der Waals surface area contributed by atoms with Gasteiger partial charge in [0.25, 0.3) is 0 Å². The molecule has 0 saturated carbocycles. The smallest absolute Gasteiger partial charge is 0.349 e. The number of esters is 1. The van der Waals surface area contributed by atoms with Crippen LogP contribution in [0.1, 0.15) is 56.1 Å². The third kappa shape index (κ3) is 5.39. The monoisotopic (exact) mass is 527 g/mol. The molecule has 204 valence electrons. The Morgan fingerprint density at radius 2 is 1.87 bits per heavy atom. The second-order valence-electron chi connectivity index (χ2n) is 10.2. The highest BCUT2D eigenvalue weighted by atomic mass is 19.1. The van der Waals surface area contributed by atoms with Crippen LogP contribution in [0.15, 0.2) is 24.3 Å². The molecule has 1 unspecified atom stereocenters. The number of likely N-dealkylation sites (N-methyl/N-ethyl adjacent to an activating group) is 1. The average molecular weight is 528 g/mol. The van der Waals surface area contributed by atoms with Gasteiger partial charge in [0.1, 0.15) is 17.2 Å². The second-order valence-corrected chi connectivity index (χ2v) is 10.2. The molecule has 0 amide bonds. The van der Waals surface area contributed by atoms with Crippen molar-refractivity contribution in [1.29, 1.82) is 5.41 Å². The zero-order valence-corrected chi connectivity index (χ0v) is 22.6. The van der Waals surface area contributed by atoms with Gasteiger partial charge in [-0.25, -0.2) is 9.18 Å². The third-order valence-electron chi connectivity index (χ3n) is 6.18. The molecular formula is C28H34FN3O6. The van der Waals surface area contributed by atoms with Gasteiger partial charge in [-0.3, -0.25) is 10.2 Å². The molecule has 2 aromatic carbocycles. The molecule has 2 aromatic rings. The zero-order chi connectivity index (χ0) is 27.8. The first kappa shape index (κ1) is 27.2. The molecule has 2 heterocycles. The number of halogens is 1. The van der Waals surface area contributed by atoms with Crippen molar-refractivity contribution in [1.82, 2.24) is 4.90 Å². The van der Waals surface area contributed by atoms with Crippen molar-refractivity contribution in [2.24, 2.45) is 0 Å². The van der Waals surface area contributed by atoms with Gasteiger partial charge in [0.05, 0.1) is 37.6 Å². The third-order valence-corrected chi connectivity index (χ3v) is 6.18. The second kappa shape index (κ2) is 10.5. The minimum Gasteiger partial charge on any atom is -0.490 e. The van der Waals surface area contributed by atoms with E-state index in [1.165, 1.54) is 4.90 Å². The Kier molecular flexibility index (Phi) is 7.53. The van der Waals surface area contributed by atoms with Crippen molar-refractivity contribution in [2.45, 2.75) is 52.9 Å². The molecule has 0 aliphatic carbocycles. The number of amidine groups is 1. The summed E-state index contributed by atoms with van der Waals surface area (Å²) in [6, 6.07) is 6.66. The van der Waals surface area contributed by atoms with Gasteiger partial charge in [-0.1, -0.05) is 0 Å². The topological polar surface area (TPSA) is 101 Å². The number of hydrogen-bond donors (Lipinski definition) is 1. The number of nitrogens with zero attached hydrogens (tertiary/aromatic N) is 2. The molecule has 0 aromatic heterocycles. The van der Waals surface area contributed by atoms with E-state index in [-0.39, 0.29) is 54.9 Å². The van der Waals surface area contributed by atoms with Crippen molar-refractivity contribution < 1.29 is 32.9 Å². The summed E-state index contributed by atoms with van der Waals surface area (Å²) < 4.78 is 37.7. The lowest BCUT2D eigenvalue weighted by atomic mass is 10.1. The van der Waals surface area contributed by atoms with Gasteiger partial charge in [0, 0.05) is 19.2 Å². The van der Waals surface area contributed by atoms with Crippen LogP contribution in [0.25, 0.3) is 0 Å². The fraction of sp³-hybridized carbons (Fsp3) is 0.464. The van der Waals surface area contributed by atoms with Gasteiger partial charge in [0.15, 0.2) is 23.1 Å². The number of carbonyl (C=O) groups is 2. The molecule has 38 heavy (non-hydrogen) atoms. The summed E-state index contributed by atoms with van der Waals surface area (Å²) in [5.41, 5.74) is 1.15. The number of rotatable bonds is 8. The number of nitrogens with one attached hydrogen (secondary N) is 1. The Balaban J connectivity index is 1.50. The Morgan fingerprint density at radius 3 is 2.53 bits per heavy atom. The molecule has 0 fully saturated rings. The SMILES string of the molecule is CCOc1cc2c(c(F)c1OCC)C(=N)N(CC(=O)c1ccc3c(c1)N(C)CC(C(=O)OC(C)(C)C)O3)C2. The Hall–Kier alpha value is -3.82. The fourth-order valence-corrected chi connectivity index (χ4v) is 4.54. The van der Waals surface area contributed by atoms with E-state index >= 15 is 4.39 Å². The lowest BCUT2D eigenvalue weighted by molar-refractivity contribution is -0.163. The molecule has 0 saturated heterocycles. The molecule has 9 nitrogen and oxygen atoms in total. The predicted molar refractivity (Wildman–Crippen MR) is 140 cm³/mol. The molecule has 0 bridgehead atoms. The Labute approximate surface area is 221 Å². The summed E-state index contributed by atoms with van der Waals surface area (Å²) in [5, 5.41) is 8.56. The number of benzene rings is 2. The maximum absolute atomic E-state index is 15.3. The molecule has 4 rings (SSSR count). The molecule has 0 spiro atoms. The molecule has 1 atom stereocenters. The summed E-state index contributed by atoms with van der Waals surface area (Å²) in [7, 11) is 1.81. The van der Waals surface area contributed by atoms with Gasteiger partial charge in [0.2, 0.25) is 6.10 Å². The van der Waals surface area contributed by atoms with Crippen molar-refractivity contribution >= 4 is 23.3 Å². The van der Waals surface area contributed by atoms with E-state index in [4.69, 9.17) is 24.4 Å². The summed E-state index contributed by atoms with van der Waals surface area (Å²) in [6.07, 6.45) is -0.782. The van der Waals surface area contributed by atoms with Crippen LogP contribution in [0.2, 0.25) is 0 Å². The first-order valence-electron chi connectivity index (χ1n) is 12.7. The number of Topliss-reactive ketones (excluding diaryl/α,β-unsaturated/α-hetero) is 1. The van der Waals surface area contributed by atoms with Crippen LogP contribution in [0, 0.1) is 11.2 Å². The highest BCUT2D eigenvalue weighted by Gasteiger charge is 2.35. The fourth-order valence-electron chi connectivity index (χ4n) is 4.54. The largest absolute Gasteiger partial charge is 0.490 e. The van der Waals surface area contributed by atoms with Gasteiger partial charge in [-0.05, 0) is 64.4 Å². The number of carbonyl (C=O) groups excluding carboxylic acids is 2. The van der Waals surface area contributed by atoms with Crippen LogP contribution in [0.5, 0.6) is 17.2 Å². The average Bonchev–Trinajstić information content (AvgIpc) is 3.15. The minimum absolute atomic E-state index is 0.0200. The molecule has 2 aliphatic heterocycles. The van der Waals surface area contributed by atoms with Crippen molar-refractivity contribution in [3.63, 3.8) is 0 Å². The van der Waals surface area contributed by atoms with Crippen LogP contribution in [-0.4, -0.2) is 67.5 Å². The maximum atomic E-state index is 15.3. The van der Waals surface area contributed by atoms with E-state index < -0.39 is 23.5 Å². The Bertz CT molecular complexity index is 1270. The predicted octanol–water partition coefficient (Wildman–Crippen LogP) is 4.19. The van der Waals surface area contributed by atoms with E-state index in [0.29, 0.717) is 29.2 Å². The van der Waals surface area contributed by atoms with Gasteiger partial charge in [-0.15, -0.1) is 0 Å². The van der Waals surface area contributed by atoms with Crippen LogP contribution in [-0.2, 0) is 16.1 Å². The zero-order valence-electron chi connectivity index (χ0n) is 22.6. The van der Waals surface area contributed by atoms with E-state index in [1.807, 2.05) is 11.9 Å². The van der Waals surface area contributed by atoms with E-state index in [0.717, 1.165) is 0 Å². The van der Waals surface area contributed by atoms with Crippen molar-refractivity contribution in [3.05, 3.63) is 46.8 Å². The summed E-state index contributed by atoms with van der Waals surface area (Å²) >= 11 is 0. The molecular weight excluding hydrogens is 493 g/mol. The molecule has 0 radical (unpaired) electrons. The highest BCUT2D eigenvalue weighted by molar-refractivity contribution is 6.06. The number of ether oxygens (including phenoxy) is 4. The highest BCUT2D eigenvalue weighted by Crippen LogP contribution is 2.39. The maximum Gasteiger partial charge on any atom is 0.349 e. The summed E-state index contributed by atoms with van der Waals surface area (Å²) in [5.74, 6) is -0.671. The van der Waals surface area contributed by atoms with E-state index in [1.54, 1.807) is 58.9 Å². The van der Waals surface area contributed by atoms with E-state index in [2.05, 4.69) is 0 Å². The quantitative estimate of drug-likeness (QED) is 0.403. The van der Waals surface area contributed by atoms with Crippen LogP contribution < -0.4 is 19.1 Å². The van der Waals surface area contributed by atoms with Crippen molar-refractivity contribution in [2.75, 3.05) is 38.3 Å². The minimum atomic E-state index is -0.782. The van der Waals surface area contributed by atoms with Crippen LogP contribution >= 0.6 is 0 Å². The first-order chi connectivity index (χ1) is 17.9. The Morgan fingerprint density at radius 1 is 1.16 bits per heavy atom. The number of anilines is 1. The van der Waals surface area contributed by atoms with Crippen molar-refractivity contribution in [3.8, 4) is 17.2 Å². The lowest BCUT2D eigenvalue weighted by Crippen LogP contribution is -2.45. The van der Waals surface area contributed by atoms with E-state index in [9.17, 15) is 9.59 Å². The van der Waals surface area contributed by atoms with Crippen LogP contribution in [0.3, 0.4) is 0 Å². The number of fused-ring (bicyclic) bond motifs is 2. The molecule has 1 N–H and O–H groups in total. The van der Waals surface area contributed by atoms with Gasteiger partial charge >= 0.3 is 5.97 Å². The lowest BCUT2D eigenvalue weighted by Gasteiger charge is -2.34. The van der Waals surface area contributed by atoms with Gasteiger partial charge < -0.3 is 28.7 Å². The number of hydrogen-bond acceptors (Lipinski definition) is 8. The summed E-state index contributed by atoms with van der Waals surface area (Å²) in [4.78, 5) is 29.1. The van der Waals surface area contributed by atoms with Gasteiger partial charge in [-0.2, -0.15) is 0 Å². The number of ketones is 1. The standard InChI is InChI=1S/C28H34FN3O6/c1-7-35-21-12-17-13-32(26(30)23(17)24(29)25(21)36-8-2)14-19(33)16-9-10-20-18(11-16)31(6)15-22(37-20)27(34)38-28(3,4)5/h9-12,22,30H,7-8,13-15H2,1-6H3. The normalized spacial score (nSPS) is 16.5. The summed E-state index contributed by atoms with van der Waals surface area (Å²) in [6.45, 7) is 9.90. The molecule has 2 aliphatic rings. The molecule has 10 heteroatoms. The first-order valence-corrected chi connectivity index (χ1v) is 12.7.